The number of amidine groups is 1. The van der Waals surface area contributed by atoms with Crippen LogP contribution in [0.1, 0.15) is 5.56 Å². The maximum Gasteiger partial charge on any atom is 0.284 e. The van der Waals surface area contributed by atoms with E-state index in [-0.39, 0.29) is 21.3 Å². The summed E-state index contributed by atoms with van der Waals surface area (Å²) >= 11 is 0. The Balaban J connectivity index is 2.02. The minimum atomic E-state index is -4.22. The van der Waals surface area contributed by atoms with Gasteiger partial charge in [0.05, 0.1) is 15.5 Å². The molecule has 33 heavy (non-hydrogen) atoms. The fourth-order valence-corrected chi connectivity index (χ4v) is 5.75. The molecule has 166 valence electrons. The van der Waals surface area contributed by atoms with Gasteiger partial charge in [0.1, 0.15) is 0 Å². The molecule has 0 bridgehead atoms. The van der Waals surface area contributed by atoms with Crippen LogP contribution in [0.4, 0.5) is 5.69 Å². The standard InChI is InChI=1S/C25H20N2O4S2/c28-32(29,23-17-9-3-10-18-23)26-25(21-13-5-1-6-14-21)27(22-15-7-2-8-16-22)33(30,31)24-19-11-4-12-20-24/h1-20H. The third kappa shape index (κ3) is 4.87. The van der Waals surface area contributed by atoms with Crippen molar-refractivity contribution in [2.24, 2.45) is 4.40 Å². The van der Waals surface area contributed by atoms with E-state index < -0.39 is 20.0 Å². The highest BCUT2D eigenvalue weighted by atomic mass is 32.2. The molecule has 0 N–H and O–H groups in total. The Morgan fingerprint density at radius 3 is 1.48 bits per heavy atom. The van der Waals surface area contributed by atoms with Gasteiger partial charge < -0.3 is 0 Å². The molecule has 0 aromatic heterocycles. The predicted molar refractivity (Wildman–Crippen MR) is 129 cm³/mol. The number of nitrogens with zero attached hydrogens (tertiary/aromatic N) is 2. The SMILES string of the molecule is O=S(=O)(N=C(c1ccccc1)N(c1ccccc1)S(=O)(=O)c1ccccc1)c1ccccc1. The summed E-state index contributed by atoms with van der Waals surface area (Å²) in [6, 6.07) is 32.2. The van der Waals surface area contributed by atoms with Gasteiger partial charge in [-0.2, -0.15) is 8.42 Å². The molecule has 0 unspecified atom stereocenters. The summed E-state index contributed by atoms with van der Waals surface area (Å²) in [6.45, 7) is 0. The fraction of sp³-hybridized carbons (Fsp3) is 0. The summed E-state index contributed by atoms with van der Waals surface area (Å²) in [6.07, 6.45) is 0. The van der Waals surface area contributed by atoms with Gasteiger partial charge in [0.25, 0.3) is 20.0 Å². The zero-order valence-corrected chi connectivity index (χ0v) is 19.0. The molecule has 0 radical (unpaired) electrons. The van der Waals surface area contributed by atoms with Crippen LogP contribution in [-0.4, -0.2) is 22.7 Å². The maximum atomic E-state index is 13.8. The number of anilines is 1. The second-order valence-corrected chi connectivity index (χ2v) is 10.4. The average molecular weight is 477 g/mol. The summed E-state index contributed by atoms with van der Waals surface area (Å²) < 4.78 is 59.1. The first-order valence-electron chi connectivity index (χ1n) is 10.0. The molecular weight excluding hydrogens is 456 g/mol. The molecule has 0 amide bonds. The molecule has 6 nitrogen and oxygen atoms in total. The van der Waals surface area contributed by atoms with Crippen molar-refractivity contribution < 1.29 is 16.8 Å². The first kappa shape index (κ1) is 22.4. The molecule has 0 aliphatic carbocycles. The molecule has 0 heterocycles. The summed E-state index contributed by atoms with van der Waals surface area (Å²) in [5, 5.41) is 0. The molecule has 0 saturated carbocycles. The quantitative estimate of drug-likeness (QED) is 0.298. The molecule has 4 rings (SSSR count). The molecule has 4 aromatic rings. The van der Waals surface area contributed by atoms with Gasteiger partial charge in [-0.05, 0) is 36.4 Å². The first-order chi connectivity index (χ1) is 15.9. The van der Waals surface area contributed by atoms with E-state index in [9.17, 15) is 16.8 Å². The second kappa shape index (κ2) is 9.40. The molecule has 4 aromatic carbocycles. The lowest BCUT2D eigenvalue weighted by Crippen LogP contribution is -2.38. The summed E-state index contributed by atoms with van der Waals surface area (Å²) in [5.41, 5.74) is 0.590. The van der Waals surface area contributed by atoms with Gasteiger partial charge in [-0.15, -0.1) is 4.40 Å². The zero-order chi connectivity index (χ0) is 23.3. The van der Waals surface area contributed by atoms with Gasteiger partial charge in [0, 0.05) is 5.56 Å². The van der Waals surface area contributed by atoms with Crippen molar-refractivity contribution in [1.82, 2.24) is 0 Å². The van der Waals surface area contributed by atoms with Crippen LogP contribution >= 0.6 is 0 Å². The van der Waals surface area contributed by atoms with Gasteiger partial charge in [-0.25, -0.2) is 12.7 Å². The lowest BCUT2D eigenvalue weighted by molar-refractivity contribution is 0.597. The van der Waals surface area contributed by atoms with E-state index in [2.05, 4.69) is 4.40 Å². The minimum Gasteiger partial charge on any atom is -0.216 e. The Kier molecular flexibility index (Phi) is 6.39. The van der Waals surface area contributed by atoms with Crippen molar-refractivity contribution >= 4 is 31.6 Å². The largest absolute Gasteiger partial charge is 0.284 e. The van der Waals surface area contributed by atoms with E-state index in [0.29, 0.717) is 5.56 Å². The van der Waals surface area contributed by atoms with Gasteiger partial charge in [-0.1, -0.05) is 84.9 Å². The van der Waals surface area contributed by atoms with Crippen molar-refractivity contribution in [1.29, 1.82) is 0 Å². The highest BCUT2D eigenvalue weighted by Crippen LogP contribution is 2.27. The molecule has 0 spiro atoms. The van der Waals surface area contributed by atoms with Crippen LogP contribution in [-0.2, 0) is 20.0 Å². The van der Waals surface area contributed by atoms with Crippen LogP contribution in [0.5, 0.6) is 0 Å². The molecule has 0 aliphatic rings. The number of rotatable bonds is 6. The summed E-state index contributed by atoms with van der Waals surface area (Å²) in [4.78, 5) is -0.0295. The smallest absolute Gasteiger partial charge is 0.216 e. The minimum absolute atomic E-state index is 0.00888. The Morgan fingerprint density at radius 1 is 0.545 bits per heavy atom. The molecule has 0 aliphatic heterocycles. The van der Waals surface area contributed by atoms with Crippen LogP contribution in [0.2, 0.25) is 0 Å². The third-order valence-corrected chi connectivity index (χ3v) is 7.76. The average Bonchev–Trinajstić information content (AvgIpc) is 2.86. The summed E-state index contributed by atoms with van der Waals surface area (Å²) in [7, 11) is -8.44. The Morgan fingerprint density at radius 2 is 0.970 bits per heavy atom. The van der Waals surface area contributed by atoms with Crippen molar-refractivity contribution in [2.45, 2.75) is 9.79 Å². The Hall–Kier alpha value is -3.75. The maximum absolute atomic E-state index is 13.8. The van der Waals surface area contributed by atoms with E-state index in [1.807, 2.05) is 0 Å². The van der Waals surface area contributed by atoms with E-state index >= 15 is 0 Å². The van der Waals surface area contributed by atoms with Crippen LogP contribution in [0, 0.1) is 0 Å². The normalized spacial score (nSPS) is 12.3. The van der Waals surface area contributed by atoms with Crippen LogP contribution in [0.3, 0.4) is 0 Å². The van der Waals surface area contributed by atoms with Crippen LogP contribution in [0.25, 0.3) is 0 Å². The third-order valence-electron chi connectivity index (χ3n) is 4.74. The topological polar surface area (TPSA) is 83.9 Å². The first-order valence-corrected chi connectivity index (χ1v) is 12.9. The molecule has 0 fully saturated rings. The van der Waals surface area contributed by atoms with Gasteiger partial charge in [0.2, 0.25) is 0 Å². The van der Waals surface area contributed by atoms with Crippen molar-refractivity contribution in [3.63, 3.8) is 0 Å². The lowest BCUT2D eigenvalue weighted by atomic mass is 10.2. The van der Waals surface area contributed by atoms with E-state index in [4.69, 9.17) is 0 Å². The van der Waals surface area contributed by atoms with Gasteiger partial charge in [-0.3, -0.25) is 0 Å². The van der Waals surface area contributed by atoms with Gasteiger partial charge >= 0.3 is 0 Å². The van der Waals surface area contributed by atoms with E-state index in [1.165, 1.54) is 24.3 Å². The van der Waals surface area contributed by atoms with Gasteiger partial charge in [0.15, 0.2) is 5.84 Å². The summed E-state index contributed by atoms with van der Waals surface area (Å²) in [5.74, 6) is -0.227. The molecule has 0 atom stereocenters. The van der Waals surface area contributed by atoms with Crippen molar-refractivity contribution in [3.8, 4) is 0 Å². The molecule has 8 heteroatoms. The fourth-order valence-electron chi connectivity index (χ4n) is 3.19. The number of hydrogen-bond acceptors (Lipinski definition) is 4. The Labute approximate surface area is 193 Å². The Bertz CT molecular complexity index is 1460. The van der Waals surface area contributed by atoms with Crippen molar-refractivity contribution in [3.05, 3.63) is 127 Å². The van der Waals surface area contributed by atoms with E-state index in [0.717, 1.165) is 4.31 Å². The highest BCUT2D eigenvalue weighted by Gasteiger charge is 2.32. The van der Waals surface area contributed by atoms with Crippen molar-refractivity contribution in [2.75, 3.05) is 4.31 Å². The highest BCUT2D eigenvalue weighted by molar-refractivity contribution is 7.94. The van der Waals surface area contributed by atoms with E-state index in [1.54, 1.807) is 97.1 Å². The molecule has 0 saturated heterocycles. The lowest BCUT2D eigenvalue weighted by Gasteiger charge is -2.26. The predicted octanol–water partition coefficient (Wildman–Crippen LogP) is 4.72. The molecular formula is C25H20N2O4S2. The zero-order valence-electron chi connectivity index (χ0n) is 17.4. The number of benzene rings is 4. The second-order valence-electron chi connectivity index (χ2n) is 6.99. The number of sulfonamides is 2. The monoisotopic (exact) mass is 476 g/mol. The number of para-hydroxylation sites is 1. The number of hydrogen-bond donors (Lipinski definition) is 0. The van der Waals surface area contributed by atoms with Crippen LogP contribution in [0.15, 0.2) is 136 Å². The van der Waals surface area contributed by atoms with Crippen LogP contribution < -0.4 is 4.31 Å².